The van der Waals surface area contributed by atoms with Crippen molar-refractivity contribution in [2.24, 2.45) is 13.0 Å². The van der Waals surface area contributed by atoms with Gasteiger partial charge in [0.15, 0.2) is 11.5 Å². The van der Waals surface area contributed by atoms with E-state index in [-0.39, 0.29) is 17.4 Å². The number of aromatic amines is 1. The second-order valence-corrected chi connectivity index (χ2v) is 7.02. The molecule has 0 bridgehead atoms. The minimum Gasteiger partial charge on any atom is -0.355 e. The molecule has 0 atom stereocenters. The lowest BCUT2D eigenvalue weighted by Gasteiger charge is -2.31. The number of aryl methyl sites for hydroxylation is 1. The lowest BCUT2D eigenvalue weighted by molar-refractivity contribution is -0.125. The molecule has 2 N–H and O–H groups in total. The molecule has 0 radical (unpaired) electrons. The maximum absolute atomic E-state index is 12.7. The van der Waals surface area contributed by atoms with Gasteiger partial charge in [-0.05, 0) is 25.0 Å². The van der Waals surface area contributed by atoms with Crippen LogP contribution in [0.15, 0.2) is 35.6 Å². The van der Waals surface area contributed by atoms with E-state index < -0.39 is 0 Å². The van der Waals surface area contributed by atoms with Crippen molar-refractivity contribution in [1.82, 2.24) is 29.8 Å². The molecule has 1 aliphatic rings. The molecule has 9 heteroatoms. The van der Waals surface area contributed by atoms with Gasteiger partial charge in [-0.25, -0.2) is 15.0 Å². The Kier molecular flexibility index (Phi) is 5.05. The number of hydrogen-bond donors (Lipinski definition) is 2. The number of hydrogen-bond acceptors (Lipinski definition) is 6. The van der Waals surface area contributed by atoms with Crippen LogP contribution in [-0.2, 0) is 18.3 Å². The first-order valence-electron chi connectivity index (χ1n) is 9.45. The molecule has 146 valence electrons. The maximum Gasteiger partial charge on any atom is 0.294 e. The molecule has 3 aromatic rings. The Labute approximate surface area is 161 Å². The highest BCUT2D eigenvalue weighted by Crippen LogP contribution is 2.21. The molecule has 3 aromatic heterocycles. The van der Waals surface area contributed by atoms with Gasteiger partial charge in [0.25, 0.3) is 5.56 Å². The number of carbonyl (C=O) groups is 1. The van der Waals surface area contributed by atoms with Crippen molar-refractivity contribution in [2.75, 3.05) is 24.5 Å². The van der Waals surface area contributed by atoms with Crippen LogP contribution in [0, 0.1) is 5.92 Å². The summed E-state index contributed by atoms with van der Waals surface area (Å²) in [6.07, 6.45) is 7.18. The van der Waals surface area contributed by atoms with Crippen LogP contribution in [0.2, 0.25) is 0 Å². The predicted molar refractivity (Wildman–Crippen MR) is 105 cm³/mol. The Bertz CT molecular complexity index is 1020. The topological polar surface area (TPSA) is 109 Å². The molecule has 9 nitrogen and oxygen atoms in total. The van der Waals surface area contributed by atoms with E-state index in [2.05, 4.69) is 25.3 Å². The highest BCUT2D eigenvalue weighted by molar-refractivity contribution is 5.79. The van der Waals surface area contributed by atoms with Gasteiger partial charge < -0.3 is 15.2 Å². The molecule has 1 amide bonds. The lowest BCUT2D eigenvalue weighted by Crippen LogP contribution is -2.43. The van der Waals surface area contributed by atoms with Gasteiger partial charge in [-0.2, -0.15) is 0 Å². The van der Waals surface area contributed by atoms with Crippen LogP contribution in [0.25, 0.3) is 11.2 Å². The number of fused-ring (bicyclic) bond motifs is 1. The van der Waals surface area contributed by atoms with Crippen LogP contribution >= 0.6 is 0 Å². The minimum absolute atomic E-state index is 0.0380. The number of amides is 1. The molecular formula is C19H23N7O2. The van der Waals surface area contributed by atoms with Gasteiger partial charge in [0, 0.05) is 57.1 Å². The number of rotatable bonds is 5. The highest BCUT2D eigenvalue weighted by atomic mass is 16.2. The van der Waals surface area contributed by atoms with Gasteiger partial charge in [0.2, 0.25) is 5.91 Å². The summed E-state index contributed by atoms with van der Waals surface area (Å²) in [7, 11) is 1.71. The second kappa shape index (κ2) is 7.79. The molecule has 4 heterocycles. The molecule has 0 saturated carbocycles. The Morgan fingerprint density at radius 1 is 1.36 bits per heavy atom. The van der Waals surface area contributed by atoms with Gasteiger partial charge in [-0.15, -0.1) is 0 Å². The number of H-pyrrole nitrogens is 1. The molecule has 0 aromatic carbocycles. The first-order chi connectivity index (χ1) is 13.6. The summed E-state index contributed by atoms with van der Waals surface area (Å²) in [4.78, 5) is 42.8. The zero-order chi connectivity index (χ0) is 19.5. The van der Waals surface area contributed by atoms with Crippen molar-refractivity contribution < 1.29 is 4.79 Å². The Balaban J connectivity index is 1.37. The SMILES string of the molecule is Cn1c(=O)c(N2CCC(C(=O)NCCc3cnc[nH]3)CC2)nc2cccnc21. The first-order valence-corrected chi connectivity index (χ1v) is 9.45. The summed E-state index contributed by atoms with van der Waals surface area (Å²) in [5, 5.41) is 2.99. The van der Waals surface area contributed by atoms with Crippen LogP contribution in [-0.4, -0.2) is 50.0 Å². The largest absolute Gasteiger partial charge is 0.355 e. The van der Waals surface area contributed by atoms with E-state index in [0.717, 1.165) is 12.1 Å². The van der Waals surface area contributed by atoms with Crippen LogP contribution in [0.5, 0.6) is 0 Å². The Morgan fingerprint density at radius 3 is 2.93 bits per heavy atom. The van der Waals surface area contributed by atoms with Crippen molar-refractivity contribution in [3.63, 3.8) is 0 Å². The van der Waals surface area contributed by atoms with Gasteiger partial charge in [-0.1, -0.05) is 0 Å². The van der Waals surface area contributed by atoms with Crippen molar-refractivity contribution in [3.05, 3.63) is 46.9 Å². The van der Waals surface area contributed by atoms with Crippen LogP contribution in [0.1, 0.15) is 18.5 Å². The van der Waals surface area contributed by atoms with E-state index in [1.165, 1.54) is 4.57 Å². The molecule has 4 rings (SSSR count). The number of imidazole rings is 1. The van der Waals surface area contributed by atoms with E-state index in [1.807, 2.05) is 17.0 Å². The number of aromatic nitrogens is 5. The zero-order valence-electron chi connectivity index (χ0n) is 15.8. The fourth-order valence-corrected chi connectivity index (χ4v) is 3.59. The van der Waals surface area contributed by atoms with Crippen molar-refractivity contribution in [1.29, 1.82) is 0 Å². The summed E-state index contributed by atoms with van der Waals surface area (Å²) in [5.74, 6) is 0.466. The van der Waals surface area contributed by atoms with Crippen molar-refractivity contribution in [3.8, 4) is 0 Å². The third-order valence-electron chi connectivity index (χ3n) is 5.22. The lowest BCUT2D eigenvalue weighted by atomic mass is 9.96. The quantitative estimate of drug-likeness (QED) is 0.671. The zero-order valence-corrected chi connectivity index (χ0v) is 15.8. The highest BCUT2D eigenvalue weighted by Gasteiger charge is 2.27. The number of carbonyl (C=O) groups excluding carboxylic acids is 1. The maximum atomic E-state index is 12.7. The fourth-order valence-electron chi connectivity index (χ4n) is 3.59. The number of pyridine rings is 1. The van der Waals surface area contributed by atoms with Crippen LogP contribution in [0.3, 0.4) is 0 Å². The molecule has 1 fully saturated rings. The number of nitrogens with one attached hydrogen (secondary N) is 2. The Hall–Kier alpha value is -3.23. The molecule has 0 spiro atoms. The standard InChI is InChI=1S/C19H23N7O2/c1-25-16-15(3-2-7-21-16)24-17(19(25)28)26-9-5-13(6-10-26)18(27)22-8-4-14-11-20-12-23-14/h2-3,7,11-13H,4-6,8-10H2,1H3,(H,20,23)(H,22,27). The van der Waals surface area contributed by atoms with E-state index in [9.17, 15) is 9.59 Å². The van der Waals surface area contributed by atoms with E-state index in [4.69, 9.17) is 0 Å². The van der Waals surface area contributed by atoms with Gasteiger partial charge in [-0.3, -0.25) is 14.2 Å². The number of piperidine rings is 1. The number of nitrogens with zero attached hydrogens (tertiary/aromatic N) is 5. The smallest absolute Gasteiger partial charge is 0.294 e. The monoisotopic (exact) mass is 381 g/mol. The van der Waals surface area contributed by atoms with Gasteiger partial charge >= 0.3 is 0 Å². The molecule has 0 unspecified atom stereocenters. The summed E-state index contributed by atoms with van der Waals surface area (Å²) < 4.78 is 1.53. The second-order valence-electron chi connectivity index (χ2n) is 7.02. The summed E-state index contributed by atoms with van der Waals surface area (Å²) in [6, 6.07) is 3.66. The number of anilines is 1. The predicted octanol–water partition coefficient (Wildman–Crippen LogP) is 0.627. The van der Waals surface area contributed by atoms with E-state index >= 15 is 0 Å². The summed E-state index contributed by atoms with van der Waals surface area (Å²) in [5.41, 5.74) is 2.11. The molecule has 0 aliphatic carbocycles. The minimum atomic E-state index is -0.159. The normalized spacial score (nSPS) is 15.1. The molecule has 1 aliphatic heterocycles. The average Bonchev–Trinajstić information content (AvgIpc) is 3.24. The third-order valence-corrected chi connectivity index (χ3v) is 5.22. The van der Waals surface area contributed by atoms with E-state index in [1.54, 1.807) is 25.8 Å². The van der Waals surface area contributed by atoms with Gasteiger partial charge in [0.05, 0.1) is 6.33 Å². The third kappa shape index (κ3) is 3.60. The molecule has 1 saturated heterocycles. The van der Waals surface area contributed by atoms with Crippen LogP contribution < -0.4 is 15.8 Å². The fraction of sp³-hybridized carbons (Fsp3) is 0.421. The summed E-state index contributed by atoms with van der Waals surface area (Å²) >= 11 is 0. The Morgan fingerprint density at radius 2 is 2.18 bits per heavy atom. The summed E-state index contributed by atoms with van der Waals surface area (Å²) in [6.45, 7) is 1.85. The van der Waals surface area contributed by atoms with Crippen molar-refractivity contribution in [2.45, 2.75) is 19.3 Å². The van der Waals surface area contributed by atoms with E-state index in [0.29, 0.717) is 49.5 Å². The van der Waals surface area contributed by atoms with Crippen LogP contribution in [0.4, 0.5) is 5.82 Å². The first kappa shape index (κ1) is 18.1. The molecular weight excluding hydrogens is 358 g/mol. The van der Waals surface area contributed by atoms with Crippen molar-refractivity contribution >= 4 is 22.9 Å². The average molecular weight is 381 g/mol. The van der Waals surface area contributed by atoms with Gasteiger partial charge in [0.1, 0.15) is 5.52 Å². The molecule has 28 heavy (non-hydrogen) atoms.